The van der Waals surface area contributed by atoms with Crippen LogP contribution in [0.5, 0.6) is 0 Å². The van der Waals surface area contributed by atoms with Crippen LogP contribution in [-0.2, 0) is 5.41 Å². The van der Waals surface area contributed by atoms with E-state index in [2.05, 4.69) is 196 Å². The Kier molecular flexibility index (Phi) is 6.46. The molecule has 0 saturated carbocycles. The molecule has 0 saturated heterocycles. The molecule has 0 radical (unpaired) electrons. The van der Waals surface area contributed by atoms with Crippen molar-refractivity contribution in [1.82, 2.24) is 0 Å². The number of rotatable bonds is 3. The second kappa shape index (κ2) is 11.5. The van der Waals surface area contributed by atoms with Gasteiger partial charge >= 0.3 is 0 Å². The Balaban J connectivity index is 1.06. The minimum absolute atomic E-state index is 0.127. The van der Waals surface area contributed by atoms with Crippen LogP contribution < -0.4 is 0 Å². The van der Waals surface area contributed by atoms with Gasteiger partial charge in [-0.15, -0.1) is 0 Å². The van der Waals surface area contributed by atoms with Gasteiger partial charge in [-0.3, -0.25) is 0 Å². The van der Waals surface area contributed by atoms with Crippen LogP contribution >= 0.6 is 0 Å². The maximum absolute atomic E-state index is 6.81. The van der Waals surface area contributed by atoms with E-state index in [1.807, 2.05) is 0 Å². The summed E-state index contributed by atoms with van der Waals surface area (Å²) >= 11 is 0. The van der Waals surface area contributed by atoms with E-state index in [0.717, 1.165) is 22.1 Å². The SMILES string of the molecule is CC1(C)c2ccc3oc4cc(-c5c6ccccc6c(-c6cccc(-c7ccc8ccccc8c7)c6)c6ccccc56)ccc4c3c2-c2ccc3ccccc3c21. The van der Waals surface area contributed by atoms with Crippen LogP contribution in [0.3, 0.4) is 0 Å². The molecule has 1 heteroatoms. The van der Waals surface area contributed by atoms with E-state index in [1.165, 1.54) is 98.5 Å². The van der Waals surface area contributed by atoms with E-state index in [1.54, 1.807) is 0 Å². The Labute approximate surface area is 325 Å². The molecule has 0 bridgehead atoms. The molecular weight excluding hydrogens is 677 g/mol. The van der Waals surface area contributed by atoms with Gasteiger partial charge in [-0.05, 0) is 129 Å². The van der Waals surface area contributed by atoms with Crippen molar-refractivity contribution in [1.29, 1.82) is 0 Å². The molecule has 1 aliphatic rings. The second-order valence-corrected chi connectivity index (χ2v) is 16.0. The summed E-state index contributed by atoms with van der Waals surface area (Å²) in [7, 11) is 0. The largest absolute Gasteiger partial charge is 0.456 e. The Morgan fingerprint density at radius 1 is 0.357 bits per heavy atom. The van der Waals surface area contributed by atoms with Gasteiger partial charge in [0.2, 0.25) is 0 Å². The predicted molar refractivity (Wildman–Crippen MR) is 238 cm³/mol. The van der Waals surface area contributed by atoms with Gasteiger partial charge in [0, 0.05) is 16.2 Å². The smallest absolute Gasteiger partial charge is 0.136 e. The maximum atomic E-state index is 6.81. The Morgan fingerprint density at radius 2 is 0.929 bits per heavy atom. The van der Waals surface area contributed by atoms with E-state index >= 15 is 0 Å². The highest BCUT2D eigenvalue weighted by molar-refractivity contribution is 6.23. The highest BCUT2D eigenvalue weighted by Gasteiger charge is 2.38. The Hall–Kier alpha value is -6.96. The van der Waals surface area contributed by atoms with Crippen LogP contribution in [0, 0.1) is 0 Å². The van der Waals surface area contributed by atoms with Gasteiger partial charge in [0.05, 0.1) is 0 Å². The molecule has 1 aliphatic carbocycles. The standard InChI is InChI=1S/C55H36O/c1-55(2)47-28-29-48-53(52(47)46-27-24-34-13-5-6-17-40(34)54(46)55)45-26-25-39(32-49(45)56-48)51-43-20-9-7-18-41(43)50(42-19-8-10-21-44(42)51)38-16-11-15-36(31-38)37-23-22-33-12-3-4-14-35(33)30-37/h3-32H,1-2H3. The van der Waals surface area contributed by atoms with Crippen molar-refractivity contribution >= 4 is 65.0 Å². The zero-order chi connectivity index (χ0) is 37.1. The van der Waals surface area contributed by atoms with Crippen LogP contribution in [0.1, 0.15) is 25.0 Å². The second-order valence-electron chi connectivity index (χ2n) is 16.0. The third kappa shape index (κ3) is 4.37. The summed E-state index contributed by atoms with van der Waals surface area (Å²) in [5.41, 5.74) is 14.4. The van der Waals surface area contributed by atoms with Crippen molar-refractivity contribution in [3.05, 3.63) is 193 Å². The van der Waals surface area contributed by atoms with E-state index in [0.29, 0.717) is 0 Å². The maximum Gasteiger partial charge on any atom is 0.136 e. The quantitative estimate of drug-likeness (QED) is 0.166. The fraction of sp³-hybridized carbons (Fsp3) is 0.0545. The lowest BCUT2D eigenvalue weighted by Crippen LogP contribution is -2.15. The van der Waals surface area contributed by atoms with Crippen LogP contribution in [0.2, 0.25) is 0 Å². The average Bonchev–Trinajstić information content (AvgIpc) is 3.73. The van der Waals surface area contributed by atoms with E-state index in [9.17, 15) is 0 Å². The molecule has 10 aromatic carbocycles. The summed E-state index contributed by atoms with van der Waals surface area (Å²) in [6, 6.07) is 67.0. The molecule has 0 fully saturated rings. The fourth-order valence-electron chi connectivity index (χ4n) is 10.1. The number of hydrogen-bond acceptors (Lipinski definition) is 1. The molecule has 1 heterocycles. The molecule has 0 unspecified atom stereocenters. The minimum Gasteiger partial charge on any atom is -0.456 e. The first-order chi connectivity index (χ1) is 27.5. The Bertz CT molecular complexity index is 3390. The van der Waals surface area contributed by atoms with E-state index in [4.69, 9.17) is 4.42 Å². The highest BCUT2D eigenvalue weighted by atomic mass is 16.3. The average molecular weight is 713 g/mol. The lowest BCUT2D eigenvalue weighted by atomic mass is 9.80. The lowest BCUT2D eigenvalue weighted by molar-refractivity contribution is 0.660. The molecule has 0 atom stereocenters. The molecule has 0 spiro atoms. The summed E-state index contributed by atoms with van der Waals surface area (Å²) < 4.78 is 6.81. The van der Waals surface area contributed by atoms with E-state index < -0.39 is 0 Å². The van der Waals surface area contributed by atoms with Gasteiger partial charge in [-0.1, -0.05) is 166 Å². The molecule has 11 aromatic rings. The zero-order valence-corrected chi connectivity index (χ0v) is 31.2. The molecule has 0 amide bonds. The van der Waals surface area contributed by atoms with Crippen molar-refractivity contribution in [3.63, 3.8) is 0 Å². The molecule has 56 heavy (non-hydrogen) atoms. The van der Waals surface area contributed by atoms with Crippen molar-refractivity contribution in [2.75, 3.05) is 0 Å². The zero-order valence-electron chi connectivity index (χ0n) is 31.2. The van der Waals surface area contributed by atoms with Gasteiger partial charge in [-0.25, -0.2) is 0 Å². The summed E-state index contributed by atoms with van der Waals surface area (Å²) in [6.07, 6.45) is 0. The van der Waals surface area contributed by atoms with E-state index in [-0.39, 0.29) is 5.41 Å². The highest BCUT2D eigenvalue weighted by Crippen LogP contribution is 2.55. The third-order valence-electron chi connectivity index (χ3n) is 12.6. The van der Waals surface area contributed by atoms with Gasteiger partial charge in [0.1, 0.15) is 11.2 Å². The number of fused-ring (bicyclic) bond motifs is 12. The Morgan fingerprint density at radius 3 is 1.66 bits per heavy atom. The van der Waals surface area contributed by atoms with Gasteiger partial charge in [0.15, 0.2) is 0 Å². The first-order valence-electron chi connectivity index (χ1n) is 19.6. The van der Waals surface area contributed by atoms with Crippen LogP contribution in [0.25, 0.3) is 110 Å². The molecular formula is C55H36O. The summed E-state index contributed by atoms with van der Waals surface area (Å²) in [4.78, 5) is 0. The lowest BCUT2D eigenvalue weighted by Gasteiger charge is -2.23. The summed E-state index contributed by atoms with van der Waals surface area (Å²) in [6.45, 7) is 4.74. The summed E-state index contributed by atoms with van der Waals surface area (Å²) in [5, 5.41) is 12.4. The molecule has 1 nitrogen and oxygen atoms in total. The van der Waals surface area contributed by atoms with Crippen LogP contribution in [0.15, 0.2) is 186 Å². The normalized spacial score (nSPS) is 13.3. The van der Waals surface area contributed by atoms with Gasteiger partial charge in [-0.2, -0.15) is 0 Å². The first-order valence-corrected chi connectivity index (χ1v) is 19.6. The molecule has 12 rings (SSSR count). The molecule has 1 aromatic heterocycles. The molecule has 262 valence electrons. The van der Waals surface area contributed by atoms with Crippen molar-refractivity contribution in [2.24, 2.45) is 0 Å². The monoisotopic (exact) mass is 712 g/mol. The number of furan rings is 1. The van der Waals surface area contributed by atoms with Gasteiger partial charge in [0.25, 0.3) is 0 Å². The fourth-order valence-corrected chi connectivity index (χ4v) is 10.1. The first kappa shape index (κ1) is 31.4. The molecule has 0 N–H and O–H groups in total. The van der Waals surface area contributed by atoms with Crippen molar-refractivity contribution in [2.45, 2.75) is 19.3 Å². The van der Waals surface area contributed by atoms with Crippen LogP contribution in [0.4, 0.5) is 0 Å². The minimum atomic E-state index is -0.127. The van der Waals surface area contributed by atoms with Crippen LogP contribution in [-0.4, -0.2) is 0 Å². The number of hydrogen-bond donors (Lipinski definition) is 0. The third-order valence-corrected chi connectivity index (χ3v) is 12.6. The topological polar surface area (TPSA) is 13.1 Å². The summed E-state index contributed by atoms with van der Waals surface area (Å²) in [5.74, 6) is 0. The van der Waals surface area contributed by atoms with Crippen molar-refractivity contribution in [3.8, 4) is 44.5 Å². The molecule has 0 aliphatic heterocycles. The van der Waals surface area contributed by atoms with Crippen molar-refractivity contribution < 1.29 is 4.42 Å². The number of benzene rings is 10. The van der Waals surface area contributed by atoms with Gasteiger partial charge < -0.3 is 4.42 Å². The predicted octanol–water partition coefficient (Wildman–Crippen LogP) is 15.5.